The SMILES string of the molecule is CC(C)CC(C(=O)O)N(C(=O)CN)C(=O)OCc1ccccc1. The third-order valence-electron chi connectivity index (χ3n) is 3.14. The summed E-state index contributed by atoms with van der Waals surface area (Å²) in [6.45, 7) is 3.08. The molecule has 7 heteroatoms. The van der Waals surface area contributed by atoms with Gasteiger partial charge in [0, 0.05) is 0 Å². The van der Waals surface area contributed by atoms with E-state index < -0.39 is 30.6 Å². The Kier molecular flexibility index (Phi) is 7.21. The largest absolute Gasteiger partial charge is 0.480 e. The van der Waals surface area contributed by atoms with Crippen LogP contribution in [0.5, 0.6) is 0 Å². The second-order valence-corrected chi connectivity index (χ2v) is 5.49. The normalized spacial score (nSPS) is 11.8. The molecule has 0 aliphatic heterocycles. The minimum atomic E-state index is -1.30. The molecule has 1 unspecified atom stereocenters. The fourth-order valence-corrected chi connectivity index (χ4v) is 2.05. The first kappa shape index (κ1) is 18.6. The Labute approximate surface area is 135 Å². The van der Waals surface area contributed by atoms with Crippen molar-refractivity contribution in [3.8, 4) is 0 Å². The molecule has 0 heterocycles. The van der Waals surface area contributed by atoms with Gasteiger partial charge in [-0.15, -0.1) is 0 Å². The van der Waals surface area contributed by atoms with E-state index >= 15 is 0 Å². The summed E-state index contributed by atoms with van der Waals surface area (Å²) >= 11 is 0. The van der Waals surface area contributed by atoms with Gasteiger partial charge in [-0.1, -0.05) is 44.2 Å². The number of carbonyl (C=O) groups excluding carboxylic acids is 2. The minimum absolute atomic E-state index is 0.0221. The first-order valence-corrected chi connectivity index (χ1v) is 7.32. The molecular weight excluding hydrogens is 300 g/mol. The molecule has 126 valence electrons. The van der Waals surface area contributed by atoms with E-state index in [1.807, 2.05) is 6.07 Å². The van der Waals surface area contributed by atoms with E-state index in [0.29, 0.717) is 4.90 Å². The maximum atomic E-state index is 12.2. The summed E-state index contributed by atoms with van der Waals surface area (Å²) in [5.74, 6) is -2.07. The van der Waals surface area contributed by atoms with Gasteiger partial charge in [0.05, 0.1) is 6.54 Å². The molecule has 0 fully saturated rings. The average molecular weight is 322 g/mol. The Hall–Kier alpha value is -2.41. The Morgan fingerprint density at radius 1 is 1.22 bits per heavy atom. The molecule has 1 atom stereocenters. The lowest BCUT2D eigenvalue weighted by atomic mass is 10.0. The van der Waals surface area contributed by atoms with Gasteiger partial charge in [-0.2, -0.15) is 0 Å². The fraction of sp³-hybridized carbons (Fsp3) is 0.438. The number of benzene rings is 1. The summed E-state index contributed by atoms with van der Waals surface area (Å²) in [5, 5.41) is 9.33. The molecule has 7 nitrogen and oxygen atoms in total. The topological polar surface area (TPSA) is 110 Å². The van der Waals surface area contributed by atoms with E-state index in [0.717, 1.165) is 5.56 Å². The molecule has 3 N–H and O–H groups in total. The van der Waals surface area contributed by atoms with Crippen molar-refractivity contribution in [3.63, 3.8) is 0 Å². The number of amides is 2. The molecule has 0 bridgehead atoms. The fourth-order valence-electron chi connectivity index (χ4n) is 2.05. The number of carboxylic acids is 1. The summed E-state index contributed by atoms with van der Waals surface area (Å²) in [4.78, 5) is 36.2. The summed E-state index contributed by atoms with van der Waals surface area (Å²) in [6.07, 6.45) is -0.876. The second-order valence-electron chi connectivity index (χ2n) is 5.49. The number of hydrogen-bond acceptors (Lipinski definition) is 5. The van der Waals surface area contributed by atoms with Crippen molar-refractivity contribution >= 4 is 18.0 Å². The second kappa shape index (κ2) is 8.89. The molecule has 0 spiro atoms. The molecule has 1 rings (SSSR count). The van der Waals surface area contributed by atoms with Crippen molar-refractivity contribution in [2.24, 2.45) is 11.7 Å². The maximum Gasteiger partial charge on any atom is 0.417 e. The lowest BCUT2D eigenvalue weighted by Gasteiger charge is -2.27. The Balaban J connectivity index is 2.88. The van der Waals surface area contributed by atoms with Crippen LogP contribution in [0.2, 0.25) is 0 Å². The zero-order chi connectivity index (χ0) is 17.4. The Morgan fingerprint density at radius 3 is 2.30 bits per heavy atom. The predicted octanol–water partition coefficient (Wildman–Crippen LogP) is 1.61. The van der Waals surface area contributed by atoms with Crippen molar-refractivity contribution in [2.75, 3.05) is 6.54 Å². The number of aliphatic carboxylic acids is 1. The van der Waals surface area contributed by atoms with E-state index in [9.17, 15) is 19.5 Å². The zero-order valence-electron chi connectivity index (χ0n) is 13.3. The lowest BCUT2D eigenvalue weighted by molar-refractivity contribution is -0.149. The van der Waals surface area contributed by atoms with Crippen molar-refractivity contribution in [1.29, 1.82) is 0 Å². The van der Waals surface area contributed by atoms with E-state index in [2.05, 4.69) is 0 Å². The third-order valence-corrected chi connectivity index (χ3v) is 3.14. The van der Waals surface area contributed by atoms with Gasteiger partial charge in [0.25, 0.3) is 0 Å². The summed E-state index contributed by atoms with van der Waals surface area (Å²) in [7, 11) is 0. The minimum Gasteiger partial charge on any atom is -0.480 e. The van der Waals surface area contributed by atoms with E-state index in [-0.39, 0.29) is 18.9 Å². The van der Waals surface area contributed by atoms with Crippen LogP contribution in [0.3, 0.4) is 0 Å². The number of nitrogens with two attached hydrogens (primary N) is 1. The molecule has 0 radical (unpaired) electrons. The van der Waals surface area contributed by atoms with Crippen LogP contribution >= 0.6 is 0 Å². The van der Waals surface area contributed by atoms with Crippen LogP contribution < -0.4 is 5.73 Å². The first-order valence-electron chi connectivity index (χ1n) is 7.32. The first-order chi connectivity index (χ1) is 10.9. The van der Waals surface area contributed by atoms with Crippen molar-refractivity contribution < 1.29 is 24.2 Å². The van der Waals surface area contributed by atoms with E-state index in [1.165, 1.54) is 0 Å². The predicted molar refractivity (Wildman–Crippen MR) is 83.4 cm³/mol. The van der Waals surface area contributed by atoms with E-state index in [4.69, 9.17) is 10.5 Å². The highest BCUT2D eigenvalue weighted by molar-refractivity contribution is 5.97. The number of carbonyl (C=O) groups is 3. The van der Waals surface area contributed by atoms with Gasteiger partial charge >= 0.3 is 12.1 Å². The van der Waals surface area contributed by atoms with Crippen LogP contribution in [0.15, 0.2) is 30.3 Å². The van der Waals surface area contributed by atoms with Crippen molar-refractivity contribution in [1.82, 2.24) is 4.90 Å². The van der Waals surface area contributed by atoms with Crippen LogP contribution in [-0.2, 0) is 20.9 Å². The molecule has 1 aromatic rings. The molecule has 0 saturated carbocycles. The molecule has 0 aliphatic carbocycles. The molecule has 1 aromatic carbocycles. The van der Waals surface area contributed by atoms with Crippen LogP contribution in [0.25, 0.3) is 0 Å². The van der Waals surface area contributed by atoms with Gasteiger partial charge in [-0.3, -0.25) is 4.79 Å². The van der Waals surface area contributed by atoms with Gasteiger partial charge < -0.3 is 15.6 Å². The highest BCUT2D eigenvalue weighted by Crippen LogP contribution is 2.15. The van der Waals surface area contributed by atoms with Crippen LogP contribution in [0.1, 0.15) is 25.8 Å². The number of ether oxygens (including phenoxy) is 1. The van der Waals surface area contributed by atoms with Gasteiger partial charge in [0.1, 0.15) is 12.6 Å². The maximum absolute atomic E-state index is 12.2. The van der Waals surface area contributed by atoms with Gasteiger partial charge in [0.2, 0.25) is 5.91 Å². The lowest BCUT2D eigenvalue weighted by Crippen LogP contribution is -2.51. The molecule has 2 amide bonds. The summed E-state index contributed by atoms with van der Waals surface area (Å²) < 4.78 is 5.07. The van der Waals surface area contributed by atoms with Crippen LogP contribution in [0.4, 0.5) is 4.79 Å². The molecule has 0 aliphatic rings. The highest BCUT2D eigenvalue weighted by atomic mass is 16.6. The highest BCUT2D eigenvalue weighted by Gasteiger charge is 2.35. The quantitative estimate of drug-likeness (QED) is 0.789. The number of carboxylic acid groups (broad SMARTS) is 1. The number of hydrogen-bond donors (Lipinski definition) is 2. The molecule has 0 saturated heterocycles. The molecule has 0 aromatic heterocycles. The van der Waals surface area contributed by atoms with Crippen molar-refractivity contribution in [3.05, 3.63) is 35.9 Å². The van der Waals surface area contributed by atoms with Gasteiger partial charge in [0.15, 0.2) is 0 Å². The number of rotatable bonds is 7. The summed E-state index contributed by atoms with van der Waals surface area (Å²) in [6, 6.07) is 7.60. The standard InChI is InChI=1S/C16H22N2O5/c1-11(2)8-13(15(20)21)18(14(19)9-17)16(22)23-10-12-6-4-3-5-7-12/h3-7,11,13H,8-10,17H2,1-2H3,(H,20,21). The van der Waals surface area contributed by atoms with Gasteiger partial charge in [-0.05, 0) is 17.9 Å². The Bertz CT molecular complexity index is 545. The zero-order valence-corrected chi connectivity index (χ0v) is 13.3. The monoisotopic (exact) mass is 322 g/mol. The van der Waals surface area contributed by atoms with Crippen LogP contribution in [-0.4, -0.2) is 40.6 Å². The van der Waals surface area contributed by atoms with Gasteiger partial charge in [-0.25, -0.2) is 14.5 Å². The Morgan fingerprint density at radius 2 is 1.83 bits per heavy atom. The average Bonchev–Trinajstić information content (AvgIpc) is 2.52. The molecular formula is C16H22N2O5. The van der Waals surface area contributed by atoms with Crippen LogP contribution in [0, 0.1) is 5.92 Å². The smallest absolute Gasteiger partial charge is 0.417 e. The summed E-state index contributed by atoms with van der Waals surface area (Å²) in [5.41, 5.74) is 6.03. The molecule has 23 heavy (non-hydrogen) atoms. The third kappa shape index (κ3) is 5.71. The number of imide groups is 1. The van der Waals surface area contributed by atoms with Crippen molar-refractivity contribution in [2.45, 2.75) is 32.9 Å². The van der Waals surface area contributed by atoms with E-state index in [1.54, 1.807) is 38.1 Å². The number of nitrogens with zero attached hydrogens (tertiary/aromatic N) is 1.